The summed E-state index contributed by atoms with van der Waals surface area (Å²) in [5.41, 5.74) is 4.96. The Kier molecular flexibility index (Phi) is 3.69. The van der Waals surface area contributed by atoms with Crippen molar-refractivity contribution in [2.45, 2.75) is 27.2 Å². The van der Waals surface area contributed by atoms with Gasteiger partial charge in [0.25, 0.3) is 0 Å². The monoisotopic (exact) mass is 282 g/mol. The molecule has 0 amide bonds. The highest BCUT2D eigenvalue weighted by atomic mass is 35.5. The van der Waals surface area contributed by atoms with Crippen LogP contribution in [-0.2, 0) is 6.42 Å². The number of fused-ring (bicyclic) bond motifs is 1. The Labute approximate surface area is 117 Å². The predicted molar refractivity (Wildman–Crippen MR) is 80.2 cm³/mol. The van der Waals surface area contributed by atoms with Crippen molar-refractivity contribution >= 4 is 39.8 Å². The van der Waals surface area contributed by atoms with Gasteiger partial charge in [0.15, 0.2) is 0 Å². The molecule has 0 atom stereocenters. The van der Waals surface area contributed by atoms with Gasteiger partial charge in [-0.05, 0) is 37.5 Å². The Morgan fingerprint density at radius 3 is 2.50 bits per heavy atom. The van der Waals surface area contributed by atoms with Crippen LogP contribution in [0.1, 0.15) is 23.7 Å². The second-order valence-corrected chi connectivity index (χ2v) is 5.15. The van der Waals surface area contributed by atoms with Crippen LogP contribution in [0.25, 0.3) is 10.9 Å². The molecular formula is C14H16Cl2N2. The summed E-state index contributed by atoms with van der Waals surface area (Å²) in [7, 11) is 1.90. The van der Waals surface area contributed by atoms with Crippen molar-refractivity contribution in [3.8, 4) is 0 Å². The SMILES string of the molecule is CCc1c(C)nc2c(Cl)cc(C)c(Cl)c2c1NC. The van der Waals surface area contributed by atoms with Crippen molar-refractivity contribution in [2.75, 3.05) is 12.4 Å². The zero-order valence-corrected chi connectivity index (χ0v) is 12.5. The lowest BCUT2D eigenvalue weighted by atomic mass is 10.0. The molecule has 1 heterocycles. The van der Waals surface area contributed by atoms with Gasteiger partial charge in [-0.25, -0.2) is 0 Å². The van der Waals surface area contributed by atoms with Gasteiger partial charge in [-0.3, -0.25) is 4.98 Å². The van der Waals surface area contributed by atoms with E-state index in [0.717, 1.165) is 39.3 Å². The van der Waals surface area contributed by atoms with Crippen LogP contribution in [0.2, 0.25) is 10.0 Å². The van der Waals surface area contributed by atoms with Gasteiger partial charge >= 0.3 is 0 Å². The molecule has 2 rings (SSSR count). The largest absolute Gasteiger partial charge is 0.387 e. The molecular weight excluding hydrogens is 267 g/mol. The van der Waals surface area contributed by atoms with E-state index in [-0.39, 0.29) is 0 Å². The van der Waals surface area contributed by atoms with Crippen LogP contribution in [-0.4, -0.2) is 12.0 Å². The van der Waals surface area contributed by atoms with Gasteiger partial charge in [-0.15, -0.1) is 0 Å². The first-order valence-electron chi connectivity index (χ1n) is 5.96. The van der Waals surface area contributed by atoms with Gasteiger partial charge in [0.2, 0.25) is 0 Å². The third-order valence-electron chi connectivity index (χ3n) is 3.24. The summed E-state index contributed by atoms with van der Waals surface area (Å²) in [5.74, 6) is 0. The summed E-state index contributed by atoms with van der Waals surface area (Å²) in [6, 6.07) is 1.86. The molecule has 0 saturated carbocycles. The van der Waals surface area contributed by atoms with Crippen molar-refractivity contribution in [1.29, 1.82) is 0 Å². The molecule has 0 aliphatic carbocycles. The Balaban J connectivity index is 3.03. The fraction of sp³-hybridized carbons (Fsp3) is 0.357. The van der Waals surface area contributed by atoms with Crippen LogP contribution in [0.3, 0.4) is 0 Å². The van der Waals surface area contributed by atoms with E-state index in [1.807, 2.05) is 27.0 Å². The molecule has 0 fully saturated rings. The molecule has 0 unspecified atom stereocenters. The summed E-state index contributed by atoms with van der Waals surface area (Å²) in [6.07, 6.45) is 0.910. The van der Waals surface area contributed by atoms with E-state index < -0.39 is 0 Å². The molecule has 1 aromatic heterocycles. The van der Waals surface area contributed by atoms with E-state index in [1.165, 1.54) is 5.56 Å². The van der Waals surface area contributed by atoms with E-state index >= 15 is 0 Å². The van der Waals surface area contributed by atoms with Crippen molar-refractivity contribution in [2.24, 2.45) is 0 Å². The maximum Gasteiger partial charge on any atom is 0.0927 e. The zero-order valence-electron chi connectivity index (χ0n) is 11.0. The van der Waals surface area contributed by atoms with Gasteiger partial charge in [0, 0.05) is 23.8 Å². The lowest BCUT2D eigenvalue weighted by Crippen LogP contribution is -2.02. The summed E-state index contributed by atoms with van der Waals surface area (Å²) in [4.78, 5) is 4.60. The maximum absolute atomic E-state index is 6.42. The highest BCUT2D eigenvalue weighted by Gasteiger charge is 2.16. The number of aryl methyl sites for hydroxylation is 2. The quantitative estimate of drug-likeness (QED) is 0.859. The molecule has 4 heteroatoms. The van der Waals surface area contributed by atoms with Gasteiger partial charge in [0.05, 0.1) is 15.6 Å². The topological polar surface area (TPSA) is 24.9 Å². The van der Waals surface area contributed by atoms with Crippen molar-refractivity contribution in [3.05, 3.63) is 32.9 Å². The standard InChI is InChI=1S/C14H16Cl2N2/c1-5-9-8(3)18-14-10(15)6-7(2)12(16)11(14)13(9)17-4/h6H,5H2,1-4H3,(H,17,18). The van der Waals surface area contributed by atoms with Crippen LogP contribution in [0.15, 0.2) is 6.07 Å². The summed E-state index contributed by atoms with van der Waals surface area (Å²) >= 11 is 12.7. The average molecular weight is 283 g/mol. The normalized spacial score (nSPS) is 11.0. The van der Waals surface area contributed by atoms with Crippen LogP contribution in [0.5, 0.6) is 0 Å². The van der Waals surface area contributed by atoms with Crippen molar-refractivity contribution in [1.82, 2.24) is 4.98 Å². The number of aromatic nitrogens is 1. The number of hydrogen-bond donors (Lipinski definition) is 1. The number of anilines is 1. The summed E-state index contributed by atoms with van der Waals surface area (Å²) < 4.78 is 0. The van der Waals surface area contributed by atoms with Crippen molar-refractivity contribution < 1.29 is 0 Å². The average Bonchev–Trinajstić information content (AvgIpc) is 2.34. The molecule has 2 aromatic rings. The van der Waals surface area contributed by atoms with Gasteiger partial charge in [-0.2, -0.15) is 0 Å². The highest BCUT2D eigenvalue weighted by molar-refractivity contribution is 6.41. The number of rotatable bonds is 2. The van der Waals surface area contributed by atoms with Gasteiger partial charge in [0.1, 0.15) is 0 Å². The Morgan fingerprint density at radius 1 is 1.28 bits per heavy atom. The number of hydrogen-bond acceptors (Lipinski definition) is 2. The maximum atomic E-state index is 6.42. The van der Waals surface area contributed by atoms with Crippen LogP contribution >= 0.6 is 23.2 Å². The molecule has 0 radical (unpaired) electrons. The molecule has 96 valence electrons. The third kappa shape index (κ3) is 1.94. The van der Waals surface area contributed by atoms with Crippen LogP contribution in [0, 0.1) is 13.8 Å². The fourth-order valence-corrected chi connectivity index (χ4v) is 2.89. The molecule has 0 saturated heterocycles. The molecule has 2 nitrogen and oxygen atoms in total. The molecule has 1 aromatic carbocycles. The first-order chi connectivity index (χ1) is 8.51. The third-order valence-corrected chi connectivity index (χ3v) is 4.02. The van der Waals surface area contributed by atoms with E-state index in [2.05, 4.69) is 17.2 Å². The first-order valence-corrected chi connectivity index (χ1v) is 6.72. The molecule has 0 bridgehead atoms. The minimum atomic E-state index is 0.647. The van der Waals surface area contributed by atoms with Crippen LogP contribution < -0.4 is 5.32 Å². The summed E-state index contributed by atoms with van der Waals surface area (Å²) in [6.45, 7) is 6.07. The van der Waals surface area contributed by atoms with Crippen molar-refractivity contribution in [3.63, 3.8) is 0 Å². The number of nitrogens with zero attached hydrogens (tertiary/aromatic N) is 1. The van der Waals surface area contributed by atoms with Gasteiger partial charge < -0.3 is 5.32 Å². The lowest BCUT2D eigenvalue weighted by Gasteiger charge is -2.16. The number of pyridine rings is 1. The molecule has 18 heavy (non-hydrogen) atoms. The predicted octanol–water partition coefficient (Wildman–Crippen LogP) is 4.76. The number of benzene rings is 1. The lowest BCUT2D eigenvalue weighted by molar-refractivity contribution is 1.07. The Bertz CT molecular complexity index is 621. The number of nitrogens with one attached hydrogen (secondary N) is 1. The highest BCUT2D eigenvalue weighted by Crippen LogP contribution is 2.38. The van der Waals surface area contributed by atoms with Gasteiger partial charge in [-0.1, -0.05) is 30.1 Å². The zero-order chi connectivity index (χ0) is 13.4. The van der Waals surface area contributed by atoms with E-state index in [1.54, 1.807) is 0 Å². The molecule has 0 spiro atoms. The fourth-order valence-electron chi connectivity index (χ4n) is 2.36. The van der Waals surface area contributed by atoms with E-state index in [0.29, 0.717) is 5.02 Å². The first kappa shape index (κ1) is 13.4. The minimum absolute atomic E-state index is 0.647. The van der Waals surface area contributed by atoms with Crippen LogP contribution in [0.4, 0.5) is 5.69 Å². The second kappa shape index (κ2) is 4.94. The number of halogens is 2. The Morgan fingerprint density at radius 2 is 1.94 bits per heavy atom. The molecule has 1 N–H and O–H groups in total. The van der Waals surface area contributed by atoms with E-state index in [9.17, 15) is 0 Å². The summed E-state index contributed by atoms with van der Waals surface area (Å²) in [5, 5.41) is 5.54. The molecule has 0 aliphatic rings. The smallest absolute Gasteiger partial charge is 0.0927 e. The molecule has 0 aliphatic heterocycles. The van der Waals surface area contributed by atoms with E-state index in [4.69, 9.17) is 23.2 Å². The minimum Gasteiger partial charge on any atom is -0.387 e. The second-order valence-electron chi connectivity index (χ2n) is 4.37. The Hall–Kier alpha value is -0.990.